The van der Waals surface area contributed by atoms with E-state index in [0.717, 1.165) is 26.1 Å². The molecule has 0 N–H and O–H groups in total. The van der Waals surface area contributed by atoms with Gasteiger partial charge in [0.15, 0.2) is 0 Å². The fraction of sp³-hybridized carbons (Fsp3) is 0.571. The highest BCUT2D eigenvalue weighted by Crippen LogP contribution is 2.45. The Hall–Kier alpha value is -1.58. The van der Waals surface area contributed by atoms with Crippen molar-refractivity contribution in [3.8, 4) is 0 Å². The molecule has 1 heterocycles. The quantitative estimate of drug-likeness (QED) is 0.692. The molecule has 0 bridgehead atoms. The first kappa shape index (κ1) is 12.9. The SMILES string of the molecule is C=CC(=O)N(CCCn1cccn1)CC1(C)CC1. The molecule has 4 heteroatoms. The second-order valence-electron chi connectivity index (χ2n) is 5.40. The molecule has 1 aliphatic rings. The van der Waals surface area contributed by atoms with E-state index >= 15 is 0 Å². The summed E-state index contributed by atoms with van der Waals surface area (Å²) in [6, 6.07) is 1.91. The predicted octanol–water partition coefficient (Wildman–Crippen LogP) is 2.09. The van der Waals surface area contributed by atoms with Crippen LogP contribution in [-0.4, -0.2) is 33.7 Å². The van der Waals surface area contributed by atoms with Gasteiger partial charge < -0.3 is 4.90 Å². The van der Waals surface area contributed by atoms with Gasteiger partial charge in [-0.15, -0.1) is 0 Å². The van der Waals surface area contributed by atoms with E-state index in [1.165, 1.54) is 18.9 Å². The van der Waals surface area contributed by atoms with E-state index in [2.05, 4.69) is 18.6 Å². The molecule has 1 amide bonds. The number of amides is 1. The molecular formula is C14H21N3O. The minimum absolute atomic E-state index is 0.0450. The number of aromatic nitrogens is 2. The molecule has 2 rings (SSSR count). The Balaban J connectivity index is 1.81. The average Bonchev–Trinajstić information content (AvgIpc) is 2.89. The zero-order valence-electron chi connectivity index (χ0n) is 11.0. The third-order valence-electron chi connectivity index (χ3n) is 3.54. The van der Waals surface area contributed by atoms with Crippen molar-refractivity contribution in [2.75, 3.05) is 13.1 Å². The highest BCUT2D eigenvalue weighted by molar-refractivity contribution is 5.87. The predicted molar refractivity (Wildman–Crippen MR) is 71.0 cm³/mol. The van der Waals surface area contributed by atoms with Crippen molar-refractivity contribution in [2.45, 2.75) is 32.7 Å². The van der Waals surface area contributed by atoms with Crippen molar-refractivity contribution < 1.29 is 4.79 Å². The van der Waals surface area contributed by atoms with E-state index in [1.54, 1.807) is 6.20 Å². The van der Waals surface area contributed by atoms with E-state index in [1.807, 2.05) is 21.8 Å². The normalized spacial score (nSPS) is 16.3. The Morgan fingerprint density at radius 3 is 2.94 bits per heavy atom. The van der Waals surface area contributed by atoms with Crippen LogP contribution >= 0.6 is 0 Å². The largest absolute Gasteiger partial charge is 0.339 e. The molecule has 18 heavy (non-hydrogen) atoms. The smallest absolute Gasteiger partial charge is 0.245 e. The van der Waals surface area contributed by atoms with Crippen molar-refractivity contribution in [3.63, 3.8) is 0 Å². The minimum Gasteiger partial charge on any atom is -0.339 e. The van der Waals surface area contributed by atoms with Crippen molar-refractivity contribution in [2.24, 2.45) is 5.41 Å². The first-order valence-corrected chi connectivity index (χ1v) is 6.52. The second kappa shape index (κ2) is 5.38. The Kier molecular flexibility index (Phi) is 3.84. The van der Waals surface area contributed by atoms with Gasteiger partial charge in [0.2, 0.25) is 5.91 Å². The van der Waals surface area contributed by atoms with Gasteiger partial charge in [-0.2, -0.15) is 5.10 Å². The summed E-state index contributed by atoms with van der Waals surface area (Å²) >= 11 is 0. The number of carbonyl (C=O) groups excluding carboxylic acids is 1. The molecule has 0 atom stereocenters. The summed E-state index contributed by atoms with van der Waals surface area (Å²) in [5.74, 6) is 0.0450. The zero-order chi connectivity index (χ0) is 13.0. The Morgan fingerprint density at radius 1 is 1.61 bits per heavy atom. The van der Waals surface area contributed by atoms with Crippen LogP contribution in [0.25, 0.3) is 0 Å². The van der Waals surface area contributed by atoms with Crippen molar-refractivity contribution in [3.05, 3.63) is 31.1 Å². The molecule has 1 saturated carbocycles. The summed E-state index contributed by atoms with van der Waals surface area (Å²) in [5.41, 5.74) is 0.352. The maximum absolute atomic E-state index is 11.8. The van der Waals surface area contributed by atoms with Gasteiger partial charge in [0.1, 0.15) is 0 Å². The molecular weight excluding hydrogens is 226 g/mol. The van der Waals surface area contributed by atoms with Crippen LogP contribution in [0.3, 0.4) is 0 Å². The van der Waals surface area contributed by atoms with Crippen LogP contribution in [0.15, 0.2) is 31.1 Å². The second-order valence-corrected chi connectivity index (χ2v) is 5.40. The first-order chi connectivity index (χ1) is 8.63. The lowest BCUT2D eigenvalue weighted by Gasteiger charge is -2.24. The molecule has 0 radical (unpaired) electrons. The summed E-state index contributed by atoms with van der Waals surface area (Å²) in [6.07, 6.45) is 8.52. The zero-order valence-corrected chi connectivity index (χ0v) is 11.0. The lowest BCUT2D eigenvalue weighted by molar-refractivity contribution is -0.126. The molecule has 1 aromatic heterocycles. The number of nitrogens with zero attached hydrogens (tertiary/aromatic N) is 3. The molecule has 98 valence electrons. The average molecular weight is 247 g/mol. The fourth-order valence-electron chi connectivity index (χ4n) is 2.08. The summed E-state index contributed by atoms with van der Waals surface area (Å²) in [6.45, 7) is 8.31. The van der Waals surface area contributed by atoms with Crippen LogP contribution in [0.4, 0.5) is 0 Å². The lowest BCUT2D eigenvalue weighted by atomic mass is 10.1. The number of rotatable bonds is 7. The highest BCUT2D eigenvalue weighted by atomic mass is 16.2. The number of hydrogen-bond donors (Lipinski definition) is 0. The van der Waals surface area contributed by atoms with Gasteiger partial charge in [-0.05, 0) is 36.8 Å². The van der Waals surface area contributed by atoms with E-state index < -0.39 is 0 Å². The minimum atomic E-state index is 0.0450. The van der Waals surface area contributed by atoms with Gasteiger partial charge >= 0.3 is 0 Å². The number of aryl methyl sites for hydroxylation is 1. The van der Waals surface area contributed by atoms with E-state index in [-0.39, 0.29) is 5.91 Å². The fourth-order valence-corrected chi connectivity index (χ4v) is 2.08. The highest BCUT2D eigenvalue weighted by Gasteiger charge is 2.39. The molecule has 0 aliphatic heterocycles. The molecule has 0 spiro atoms. The third-order valence-corrected chi connectivity index (χ3v) is 3.54. The Bertz CT molecular complexity index is 407. The van der Waals surface area contributed by atoms with E-state index in [9.17, 15) is 4.79 Å². The first-order valence-electron chi connectivity index (χ1n) is 6.52. The summed E-state index contributed by atoms with van der Waals surface area (Å²) in [7, 11) is 0. The van der Waals surface area contributed by atoms with Gasteiger partial charge in [0.05, 0.1) is 0 Å². The van der Waals surface area contributed by atoms with Crippen LogP contribution in [-0.2, 0) is 11.3 Å². The third kappa shape index (κ3) is 3.45. The summed E-state index contributed by atoms with van der Waals surface area (Å²) < 4.78 is 1.90. The summed E-state index contributed by atoms with van der Waals surface area (Å²) in [5, 5.41) is 4.16. The maximum Gasteiger partial charge on any atom is 0.245 e. The molecule has 0 saturated heterocycles. The topological polar surface area (TPSA) is 38.1 Å². The molecule has 1 fully saturated rings. The maximum atomic E-state index is 11.8. The van der Waals surface area contributed by atoms with Crippen molar-refractivity contribution in [1.82, 2.24) is 14.7 Å². The van der Waals surface area contributed by atoms with Crippen LogP contribution in [0, 0.1) is 5.41 Å². The Morgan fingerprint density at radius 2 is 2.39 bits per heavy atom. The molecule has 0 aromatic carbocycles. The van der Waals surface area contributed by atoms with Crippen LogP contribution < -0.4 is 0 Å². The molecule has 1 aromatic rings. The lowest BCUT2D eigenvalue weighted by Crippen LogP contribution is -2.35. The van der Waals surface area contributed by atoms with Crippen LogP contribution in [0.1, 0.15) is 26.2 Å². The van der Waals surface area contributed by atoms with Gasteiger partial charge in [0, 0.05) is 32.0 Å². The van der Waals surface area contributed by atoms with Crippen molar-refractivity contribution in [1.29, 1.82) is 0 Å². The standard InChI is InChI=1S/C14H21N3O/c1-3-13(18)16(12-14(2)6-7-14)9-5-11-17-10-4-8-15-17/h3-4,8,10H,1,5-7,9,11-12H2,2H3. The number of carbonyl (C=O) groups is 1. The number of hydrogen-bond acceptors (Lipinski definition) is 2. The molecule has 1 aliphatic carbocycles. The monoisotopic (exact) mass is 247 g/mol. The summed E-state index contributed by atoms with van der Waals surface area (Å²) in [4.78, 5) is 13.7. The van der Waals surface area contributed by atoms with Gasteiger partial charge in [-0.1, -0.05) is 13.5 Å². The van der Waals surface area contributed by atoms with Gasteiger partial charge in [-0.3, -0.25) is 9.48 Å². The van der Waals surface area contributed by atoms with Crippen LogP contribution in [0.2, 0.25) is 0 Å². The Labute approximate surface area is 108 Å². The van der Waals surface area contributed by atoms with Crippen molar-refractivity contribution >= 4 is 5.91 Å². The molecule has 4 nitrogen and oxygen atoms in total. The van der Waals surface area contributed by atoms with Gasteiger partial charge in [0.25, 0.3) is 0 Å². The van der Waals surface area contributed by atoms with Crippen LogP contribution in [0.5, 0.6) is 0 Å². The van der Waals surface area contributed by atoms with Gasteiger partial charge in [-0.25, -0.2) is 0 Å². The van der Waals surface area contributed by atoms with E-state index in [4.69, 9.17) is 0 Å². The molecule has 0 unspecified atom stereocenters. The van der Waals surface area contributed by atoms with E-state index in [0.29, 0.717) is 5.41 Å².